The third-order valence-corrected chi connectivity index (χ3v) is 2.33. The van der Waals surface area contributed by atoms with E-state index in [0.29, 0.717) is 6.61 Å². The van der Waals surface area contributed by atoms with E-state index in [2.05, 4.69) is 0 Å². The Labute approximate surface area is 101 Å². The van der Waals surface area contributed by atoms with Gasteiger partial charge in [-0.15, -0.1) is 0 Å². The summed E-state index contributed by atoms with van der Waals surface area (Å²) < 4.78 is 15.1. The number of carbonyl (C=O) groups is 2. The molecule has 0 saturated heterocycles. The van der Waals surface area contributed by atoms with Crippen LogP contribution in [-0.4, -0.2) is 37.9 Å². The van der Waals surface area contributed by atoms with Gasteiger partial charge >= 0.3 is 11.9 Å². The summed E-state index contributed by atoms with van der Waals surface area (Å²) in [5.41, 5.74) is 0. The molecular formula is C12H18O5. The van der Waals surface area contributed by atoms with Gasteiger partial charge in [0.05, 0.1) is 25.9 Å². The molecule has 0 saturated carbocycles. The van der Waals surface area contributed by atoms with Crippen LogP contribution in [0.1, 0.15) is 20.3 Å². The summed E-state index contributed by atoms with van der Waals surface area (Å²) in [6.45, 7) is 4.34. The third kappa shape index (κ3) is 3.85. The van der Waals surface area contributed by atoms with Crippen molar-refractivity contribution in [2.75, 3.05) is 19.8 Å². The van der Waals surface area contributed by atoms with Crippen LogP contribution in [-0.2, 0) is 23.8 Å². The number of ether oxygens (including phenoxy) is 3. The standard InChI is InChI=1S/C12H18O5/c1-3-15-11(13)10(12(14)16-4-2)9-7-5-6-8-17-9/h5,7,9-10H,3-4,6,8H2,1-2H3. The van der Waals surface area contributed by atoms with E-state index in [-0.39, 0.29) is 13.2 Å². The molecule has 1 aliphatic rings. The van der Waals surface area contributed by atoms with Crippen LogP contribution in [0.3, 0.4) is 0 Å². The van der Waals surface area contributed by atoms with E-state index in [1.165, 1.54) is 0 Å². The average Bonchev–Trinajstić information content (AvgIpc) is 2.31. The van der Waals surface area contributed by atoms with Gasteiger partial charge < -0.3 is 14.2 Å². The molecule has 1 heterocycles. The first-order valence-electron chi connectivity index (χ1n) is 5.82. The lowest BCUT2D eigenvalue weighted by Gasteiger charge is -2.23. The number of hydrogen-bond acceptors (Lipinski definition) is 5. The van der Waals surface area contributed by atoms with Gasteiger partial charge in [0.2, 0.25) is 0 Å². The summed E-state index contributed by atoms with van der Waals surface area (Å²) in [6, 6.07) is 0. The third-order valence-electron chi connectivity index (χ3n) is 2.33. The van der Waals surface area contributed by atoms with Crippen LogP contribution in [0.4, 0.5) is 0 Å². The molecule has 0 spiro atoms. The number of carbonyl (C=O) groups excluding carboxylic acids is 2. The molecule has 0 aromatic rings. The summed E-state index contributed by atoms with van der Waals surface area (Å²) in [6.07, 6.45) is 3.80. The van der Waals surface area contributed by atoms with Crippen LogP contribution in [0.2, 0.25) is 0 Å². The second-order valence-electron chi connectivity index (χ2n) is 3.53. The van der Waals surface area contributed by atoms with Crippen molar-refractivity contribution >= 4 is 11.9 Å². The molecule has 17 heavy (non-hydrogen) atoms. The maximum absolute atomic E-state index is 11.7. The lowest BCUT2D eigenvalue weighted by Crippen LogP contribution is -2.39. The molecule has 0 amide bonds. The van der Waals surface area contributed by atoms with Gasteiger partial charge in [-0.1, -0.05) is 12.2 Å². The molecule has 1 aliphatic heterocycles. The van der Waals surface area contributed by atoms with E-state index < -0.39 is 24.0 Å². The van der Waals surface area contributed by atoms with E-state index in [1.807, 2.05) is 6.08 Å². The van der Waals surface area contributed by atoms with E-state index in [9.17, 15) is 9.59 Å². The fraction of sp³-hybridized carbons (Fsp3) is 0.667. The molecular weight excluding hydrogens is 224 g/mol. The second kappa shape index (κ2) is 7.06. The van der Waals surface area contributed by atoms with Crippen LogP contribution in [0.15, 0.2) is 12.2 Å². The predicted octanol–water partition coefficient (Wildman–Crippen LogP) is 1.07. The Morgan fingerprint density at radius 1 is 1.29 bits per heavy atom. The summed E-state index contributed by atoms with van der Waals surface area (Å²) in [5, 5.41) is 0. The lowest BCUT2D eigenvalue weighted by molar-refractivity contribution is -0.167. The van der Waals surface area contributed by atoms with Crippen molar-refractivity contribution in [1.82, 2.24) is 0 Å². The molecule has 5 nitrogen and oxygen atoms in total. The Morgan fingerprint density at radius 2 is 1.88 bits per heavy atom. The zero-order chi connectivity index (χ0) is 12.7. The predicted molar refractivity (Wildman–Crippen MR) is 60.3 cm³/mol. The highest BCUT2D eigenvalue weighted by molar-refractivity contribution is 5.96. The highest BCUT2D eigenvalue weighted by Gasteiger charge is 2.37. The Morgan fingerprint density at radius 3 is 2.29 bits per heavy atom. The van der Waals surface area contributed by atoms with Crippen molar-refractivity contribution < 1.29 is 23.8 Å². The highest BCUT2D eigenvalue weighted by Crippen LogP contribution is 2.18. The minimum absolute atomic E-state index is 0.227. The molecule has 1 atom stereocenters. The molecule has 5 heteroatoms. The SMILES string of the molecule is CCOC(=O)C(C(=O)OCC)C1C=CCCO1. The van der Waals surface area contributed by atoms with E-state index in [0.717, 1.165) is 6.42 Å². The Bertz CT molecular complexity index is 279. The summed E-state index contributed by atoms with van der Waals surface area (Å²) in [5.74, 6) is -2.21. The van der Waals surface area contributed by atoms with Crippen LogP contribution in [0, 0.1) is 5.92 Å². The normalized spacial score (nSPS) is 19.1. The first-order valence-corrected chi connectivity index (χ1v) is 5.82. The minimum atomic E-state index is -1.02. The molecule has 0 bridgehead atoms. The first-order chi connectivity index (χ1) is 8.20. The van der Waals surface area contributed by atoms with E-state index in [1.54, 1.807) is 19.9 Å². The molecule has 0 fully saturated rings. The topological polar surface area (TPSA) is 61.8 Å². The van der Waals surface area contributed by atoms with Gasteiger partial charge in [-0.3, -0.25) is 9.59 Å². The van der Waals surface area contributed by atoms with Gasteiger partial charge in [-0.05, 0) is 20.3 Å². The first kappa shape index (κ1) is 13.7. The average molecular weight is 242 g/mol. The summed E-state index contributed by atoms with van der Waals surface area (Å²) in [7, 11) is 0. The molecule has 1 unspecified atom stereocenters. The molecule has 0 radical (unpaired) electrons. The number of hydrogen-bond donors (Lipinski definition) is 0. The minimum Gasteiger partial charge on any atom is -0.465 e. The molecule has 0 aromatic carbocycles. The maximum Gasteiger partial charge on any atom is 0.323 e. The highest BCUT2D eigenvalue weighted by atomic mass is 16.6. The van der Waals surface area contributed by atoms with Gasteiger partial charge in [0.1, 0.15) is 0 Å². The largest absolute Gasteiger partial charge is 0.465 e. The number of esters is 2. The smallest absolute Gasteiger partial charge is 0.323 e. The van der Waals surface area contributed by atoms with E-state index in [4.69, 9.17) is 14.2 Å². The summed E-state index contributed by atoms with van der Waals surface area (Å²) in [4.78, 5) is 23.4. The van der Waals surface area contributed by atoms with Crippen molar-refractivity contribution in [3.05, 3.63) is 12.2 Å². The van der Waals surface area contributed by atoms with Crippen LogP contribution >= 0.6 is 0 Å². The van der Waals surface area contributed by atoms with E-state index >= 15 is 0 Å². The van der Waals surface area contributed by atoms with Gasteiger partial charge in [0.25, 0.3) is 0 Å². The second-order valence-corrected chi connectivity index (χ2v) is 3.53. The summed E-state index contributed by atoms with van der Waals surface area (Å²) >= 11 is 0. The monoisotopic (exact) mass is 242 g/mol. The van der Waals surface area contributed by atoms with Crippen molar-refractivity contribution in [1.29, 1.82) is 0 Å². The van der Waals surface area contributed by atoms with Gasteiger partial charge in [0.15, 0.2) is 5.92 Å². The van der Waals surface area contributed by atoms with Crippen LogP contribution < -0.4 is 0 Å². The van der Waals surface area contributed by atoms with Crippen LogP contribution in [0.5, 0.6) is 0 Å². The van der Waals surface area contributed by atoms with Crippen molar-refractivity contribution in [2.24, 2.45) is 5.92 Å². The van der Waals surface area contributed by atoms with Crippen molar-refractivity contribution in [3.8, 4) is 0 Å². The Kier molecular flexibility index (Phi) is 5.69. The fourth-order valence-electron chi connectivity index (χ4n) is 1.59. The lowest BCUT2D eigenvalue weighted by atomic mass is 10.0. The molecule has 0 aromatic heterocycles. The maximum atomic E-state index is 11.7. The molecule has 1 rings (SSSR count). The fourth-order valence-corrected chi connectivity index (χ4v) is 1.59. The van der Waals surface area contributed by atoms with Crippen molar-refractivity contribution in [2.45, 2.75) is 26.4 Å². The zero-order valence-corrected chi connectivity index (χ0v) is 10.2. The molecule has 0 aliphatic carbocycles. The Balaban J connectivity index is 2.76. The number of rotatable bonds is 5. The van der Waals surface area contributed by atoms with Crippen molar-refractivity contribution in [3.63, 3.8) is 0 Å². The zero-order valence-electron chi connectivity index (χ0n) is 10.2. The van der Waals surface area contributed by atoms with Gasteiger partial charge in [-0.2, -0.15) is 0 Å². The van der Waals surface area contributed by atoms with Crippen LogP contribution in [0.25, 0.3) is 0 Å². The quantitative estimate of drug-likeness (QED) is 0.410. The molecule has 96 valence electrons. The van der Waals surface area contributed by atoms with Gasteiger partial charge in [-0.25, -0.2) is 0 Å². The molecule has 0 N–H and O–H groups in total. The Hall–Kier alpha value is -1.36. The van der Waals surface area contributed by atoms with Gasteiger partial charge in [0, 0.05) is 0 Å².